The van der Waals surface area contributed by atoms with Crippen LogP contribution in [0.5, 0.6) is 0 Å². The Labute approximate surface area is 640 Å². The summed E-state index contributed by atoms with van der Waals surface area (Å²) in [6, 6.07) is 134. The van der Waals surface area contributed by atoms with Crippen molar-refractivity contribution in [2.45, 2.75) is 103 Å². The Morgan fingerprint density at radius 1 is 0.269 bits per heavy atom. The number of benzene rings is 15. The maximum Gasteiger partial charge on any atom is 0.0560 e. The van der Waals surface area contributed by atoms with Gasteiger partial charge in [-0.15, -0.1) is 0 Å². The van der Waals surface area contributed by atoms with E-state index < -0.39 is 0 Å². The number of hydrogen-bond acceptors (Lipinski definition) is 0. The first-order valence-electron chi connectivity index (χ1n) is 38.7. The summed E-state index contributed by atoms with van der Waals surface area (Å²) in [6.07, 6.45) is 1.09. The molecular weight excluding hydrogens is 1300 g/mol. The van der Waals surface area contributed by atoms with Crippen LogP contribution in [0.25, 0.3) is 66.8 Å². The zero-order chi connectivity index (χ0) is 73.8. The van der Waals surface area contributed by atoms with Gasteiger partial charge in [0.05, 0.1) is 5.41 Å². The molecule has 0 amide bonds. The third-order valence-electron chi connectivity index (χ3n) is 23.6. The fraction of sp³-hybridized carbons (Fsp3) is 0.148. The molecule has 0 aliphatic heterocycles. The lowest BCUT2D eigenvalue weighted by atomic mass is 9.59. The summed E-state index contributed by atoms with van der Waals surface area (Å²) < 4.78 is 0. The van der Waals surface area contributed by atoms with Crippen molar-refractivity contribution in [3.05, 3.63) is 475 Å². The van der Waals surface area contributed by atoms with E-state index in [9.17, 15) is 0 Å². The molecule has 15 aromatic rings. The molecule has 0 nitrogen and oxygen atoms in total. The minimum absolute atomic E-state index is 0.169. The number of rotatable bonds is 7. The van der Waals surface area contributed by atoms with Crippen LogP contribution in [0.4, 0.5) is 0 Å². The van der Waals surface area contributed by atoms with E-state index >= 15 is 0 Å². The molecule has 0 radical (unpaired) electrons. The second-order valence-corrected chi connectivity index (χ2v) is 32.1. The zero-order valence-corrected chi connectivity index (χ0v) is 63.6. The molecule has 15 aromatic carbocycles. The maximum absolute atomic E-state index is 2.32. The van der Waals surface area contributed by atoms with Crippen molar-refractivity contribution >= 4 is 11.1 Å². The van der Waals surface area contributed by atoms with Crippen LogP contribution < -0.4 is 0 Å². The van der Waals surface area contributed by atoms with Crippen LogP contribution in [0.1, 0.15) is 171 Å². The molecule has 0 aromatic heterocycles. The summed E-state index contributed by atoms with van der Waals surface area (Å²) in [7, 11) is 0. The average Bonchev–Trinajstić information content (AvgIpc) is 1.40. The highest BCUT2D eigenvalue weighted by molar-refractivity contribution is 6.13. The van der Waals surface area contributed by atoms with Crippen molar-refractivity contribution in [2.24, 2.45) is 0 Å². The standard InChI is InChI=1S/C33H22.C32H24.C22H20.C21H26/c1-2-12-22(13-3-1)31(32-27-18-8-4-14-23(27)24-15-5-9-19-28(24)32)33-29-20-10-6-16-25(29)26-17-7-11-21-30(26)33;1-4-14-24(15-5-1)32(25-16-6-2-7-17-25,26-18-8-3-9-19-26)31-29-22-12-10-20-27(29)28-21-11-13-23-30(28)31;1-14-12-15(2)21(16(3)13-14)22-19-10-6-4-8-17(19)18-9-5-7-11-20(18)22;1-20(2,3)18-11-7-9-14-15-10-8-12-19(21(4,5)6)17(15)13-16(14)18/h1-21,32H;1-23,31H;4-13,22H,1-3H3;7-12H,13H2,1-6H3. The van der Waals surface area contributed by atoms with E-state index in [4.69, 9.17) is 0 Å². The van der Waals surface area contributed by atoms with Crippen LogP contribution in [0.15, 0.2) is 364 Å². The van der Waals surface area contributed by atoms with Gasteiger partial charge in [0.25, 0.3) is 0 Å². The summed E-state index contributed by atoms with van der Waals surface area (Å²) >= 11 is 0. The minimum atomic E-state index is -0.355. The van der Waals surface area contributed by atoms with Gasteiger partial charge in [-0.1, -0.05) is 411 Å². The van der Waals surface area contributed by atoms with E-state index in [1.807, 2.05) is 0 Å². The molecule has 0 bridgehead atoms. The molecule has 5 aliphatic carbocycles. The van der Waals surface area contributed by atoms with Gasteiger partial charge in [-0.2, -0.15) is 0 Å². The smallest absolute Gasteiger partial charge is 0.0560 e. The number of aryl methyl sites for hydroxylation is 3. The van der Waals surface area contributed by atoms with Gasteiger partial charge < -0.3 is 0 Å². The van der Waals surface area contributed by atoms with Gasteiger partial charge in [0.1, 0.15) is 0 Å². The normalized spacial score (nSPS) is 13.2. The molecule has 5 aliphatic rings. The lowest BCUT2D eigenvalue weighted by molar-refractivity contribution is 0.546. The first-order valence-corrected chi connectivity index (χ1v) is 38.7. The van der Waals surface area contributed by atoms with Crippen molar-refractivity contribution in [1.29, 1.82) is 0 Å². The monoisotopic (exact) mass is 1390 g/mol. The van der Waals surface area contributed by atoms with Gasteiger partial charge in [-0.3, -0.25) is 0 Å². The van der Waals surface area contributed by atoms with E-state index in [-0.39, 0.29) is 28.1 Å². The third kappa shape index (κ3) is 12.0. The first kappa shape index (κ1) is 69.1. The van der Waals surface area contributed by atoms with Crippen molar-refractivity contribution in [3.8, 4) is 55.6 Å². The van der Waals surface area contributed by atoms with E-state index in [0.717, 1.165) is 6.42 Å². The highest BCUT2D eigenvalue weighted by Gasteiger charge is 2.49. The first-order chi connectivity index (χ1) is 52.7. The largest absolute Gasteiger partial charge is 0.0622 e. The topological polar surface area (TPSA) is 0 Å². The van der Waals surface area contributed by atoms with Crippen molar-refractivity contribution in [1.82, 2.24) is 0 Å². The molecular formula is C108H92. The van der Waals surface area contributed by atoms with Crippen LogP contribution >= 0.6 is 0 Å². The summed E-state index contributed by atoms with van der Waals surface area (Å²) in [5.74, 6) is 0.726. The molecule has 0 N–H and O–H groups in total. The summed E-state index contributed by atoms with van der Waals surface area (Å²) in [4.78, 5) is 0. The molecule has 0 heterocycles. The summed E-state index contributed by atoms with van der Waals surface area (Å²) in [5, 5.41) is 0. The predicted octanol–water partition coefficient (Wildman–Crippen LogP) is 27.9. The van der Waals surface area contributed by atoms with Gasteiger partial charge in [-0.25, -0.2) is 0 Å². The van der Waals surface area contributed by atoms with Crippen LogP contribution in [0.2, 0.25) is 0 Å². The average molecular weight is 1390 g/mol. The minimum Gasteiger partial charge on any atom is -0.0622 e. The summed E-state index contributed by atoms with van der Waals surface area (Å²) in [6.45, 7) is 20.6. The van der Waals surface area contributed by atoms with Gasteiger partial charge >= 0.3 is 0 Å². The Morgan fingerprint density at radius 2 is 0.556 bits per heavy atom. The van der Waals surface area contributed by atoms with Crippen molar-refractivity contribution in [2.75, 3.05) is 0 Å². The lowest BCUT2D eigenvalue weighted by Gasteiger charge is -2.42. The number of allylic oxidation sites excluding steroid dienone is 1. The highest BCUT2D eigenvalue weighted by Crippen LogP contribution is 2.61. The molecule has 0 fully saturated rings. The Balaban J connectivity index is 0.000000108. The Bertz CT molecular complexity index is 5530. The predicted molar refractivity (Wildman–Crippen MR) is 456 cm³/mol. The molecule has 0 spiro atoms. The number of fused-ring (bicyclic) bond motifs is 15. The number of hydrogen-bond donors (Lipinski definition) is 0. The van der Waals surface area contributed by atoms with Gasteiger partial charge in [0, 0.05) is 17.8 Å². The Kier molecular flexibility index (Phi) is 18.2. The fourth-order valence-corrected chi connectivity index (χ4v) is 19.3. The molecule has 524 valence electrons. The third-order valence-corrected chi connectivity index (χ3v) is 23.6. The van der Waals surface area contributed by atoms with Crippen LogP contribution in [-0.4, -0.2) is 0 Å². The van der Waals surface area contributed by atoms with Gasteiger partial charge in [0.2, 0.25) is 0 Å². The maximum atomic E-state index is 2.32. The highest BCUT2D eigenvalue weighted by atomic mass is 14.5. The van der Waals surface area contributed by atoms with E-state index in [1.165, 1.54) is 178 Å². The van der Waals surface area contributed by atoms with Crippen molar-refractivity contribution in [3.63, 3.8) is 0 Å². The van der Waals surface area contributed by atoms with Gasteiger partial charge in [-0.05, 0) is 211 Å². The van der Waals surface area contributed by atoms with Crippen molar-refractivity contribution < 1.29 is 0 Å². The van der Waals surface area contributed by atoms with E-state index in [1.54, 1.807) is 0 Å². The molecule has 20 rings (SSSR count). The molecule has 0 heteroatoms. The fourth-order valence-electron chi connectivity index (χ4n) is 19.3. The zero-order valence-electron chi connectivity index (χ0n) is 63.6. The Morgan fingerprint density at radius 3 is 0.926 bits per heavy atom. The van der Waals surface area contributed by atoms with E-state index in [2.05, 4.69) is 426 Å². The quantitative estimate of drug-likeness (QED) is 0.140. The second kappa shape index (κ2) is 28.4. The molecule has 0 unspecified atom stereocenters. The second-order valence-electron chi connectivity index (χ2n) is 32.1. The lowest BCUT2D eigenvalue weighted by Crippen LogP contribution is -2.36. The Hall–Kier alpha value is -12.0. The van der Waals surface area contributed by atoms with Crippen LogP contribution in [0, 0.1) is 20.8 Å². The van der Waals surface area contributed by atoms with Crippen LogP contribution in [0.3, 0.4) is 0 Å². The van der Waals surface area contributed by atoms with Crippen LogP contribution in [-0.2, 0) is 22.7 Å². The molecule has 0 saturated heterocycles. The molecule has 108 heavy (non-hydrogen) atoms. The SMILES string of the molecule is CC(C)(C)c1cccc2c1Cc1c-2cccc1C(C)(C)C.Cc1cc(C)c(C2c3ccccc3-c3ccccc32)c(C)c1.c1ccc(C(=C2c3ccccc3-c3ccccc32)C2c3ccccc3-c3ccccc32)cc1.c1ccc(C(c2ccccc2)(c2ccccc2)C2c3ccccc3-c3ccccc32)cc1. The summed E-state index contributed by atoms with van der Waals surface area (Å²) in [5.41, 5.74) is 44.6. The molecule has 0 atom stereocenters. The van der Waals surface area contributed by atoms with Gasteiger partial charge in [0.15, 0.2) is 0 Å². The van der Waals surface area contributed by atoms with E-state index in [0.29, 0.717) is 5.92 Å². The molecule has 0 saturated carbocycles.